The molecule has 2 aromatic rings. The Hall–Kier alpha value is -3.03. The number of aromatic nitrogens is 2. The number of hydrogen-bond donors (Lipinski definition) is 1. The van der Waals surface area contributed by atoms with E-state index in [-0.39, 0.29) is 36.5 Å². The molecule has 8 nitrogen and oxygen atoms in total. The van der Waals surface area contributed by atoms with E-state index in [2.05, 4.69) is 10.3 Å². The Morgan fingerprint density at radius 3 is 2.66 bits per heavy atom. The highest BCUT2D eigenvalue weighted by Gasteiger charge is 2.30. The van der Waals surface area contributed by atoms with E-state index in [0.29, 0.717) is 23.1 Å². The van der Waals surface area contributed by atoms with Crippen molar-refractivity contribution in [1.82, 2.24) is 14.9 Å². The Morgan fingerprint density at radius 2 is 2.00 bits per heavy atom. The van der Waals surface area contributed by atoms with E-state index in [4.69, 9.17) is 4.74 Å². The summed E-state index contributed by atoms with van der Waals surface area (Å²) in [4.78, 5) is 53.1. The van der Waals surface area contributed by atoms with E-state index >= 15 is 0 Å². The predicted molar refractivity (Wildman–Crippen MR) is 107 cm³/mol. The van der Waals surface area contributed by atoms with Gasteiger partial charge in [-0.3, -0.25) is 19.0 Å². The van der Waals surface area contributed by atoms with Crippen molar-refractivity contribution >= 4 is 28.6 Å². The number of Topliss-reactive ketones (excluding diaryl/α,β-unsaturated/α-hetero) is 2. The molecular weight excluding hydrogens is 374 g/mol. The predicted octanol–water partition coefficient (Wildman–Crippen LogP) is 2.59. The van der Waals surface area contributed by atoms with Crippen LogP contribution in [0.5, 0.6) is 0 Å². The number of nitrogens with zero attached hydrogens (tertiary/aromatic N) is 2. The van der Waals surface area contributed by atoms with Crippen molar-refractivity contribution in [2.75, 3.05) is 0 Å². The number of ketones is 2. The lowest BCUT2D eigenvalue weighted by Gasteiger charge is -2.24. The topological polar surface area (TPSA) is 107 Å². The van der Waals surface area contributed by atoms with Gasteiger partial charge in [0.25, 0.3) is 5.56 Å². The maximum Gasteiger partial charge on any atom is 0.407 e. The molecule has 3 rings (SSSR count). The van der Waals surface area contributed by atoms with Gasteiger partial charge < -0.3 is 10.1 Å². The van der Waals surface area contributed by atoms with Gasteiger partial charge in [-0.1, -0.05) is 6.07 Å². The second kappa shape index (κ2) is 7.77. The van der Waals surface area contributed by atoms with Gasteiger partial charge in [-0.2, -0.15) is 0 Å². The van der Waals surface area contributed by atoms with E-state index in [0.717, 1.165) is 5.56 Å². The van der Waals surface area contributed by atoms with Crippen LogP contribution >= 0.6 is 0 Å². The third kappa shape index (κ3) is 4.70. The van der Waals surface area contributed by atoms with Crippen molar-refractivity contribution in [1.29, 1.82) is 0 Å². The van der Waals surface area contributed by atoms with E-state index in [1.54, 1.807) is 45.9 Å². The minimum absolute atomic E-state index is 0.0900. The Morgan fingerprint density at radius 1 is 1.28 bits per heavy atom. The molecule has 1 saturated carbocycles. The van der Waals surface area contributed by atoms with Gasteiger partial charge >= 0.3 is 6.09 Å². The quantitative estimate of drug-likeness (QED) is 0.795. The molecule has 29 heavy (non-hydrogen) atoms. The zero-order valence-electron chi connectivity index (χ0n) is 17.1. The molecule has 1 heterocycles. The van der Waals surface area contributed by atoms with Gasteiger partial charge in [0, 0.05) is 13.0 Å². The third-order valence-electron chi connectivity index (χ3n) is 4.73. The number of carbonyl (C=O) groups excluding carboxylic acids is 3. The first-order valence-electron chi connectivity index (χ1n) is 9.58. The van der Waals surface area contributed by atoms with Gasteiger partial charge in [-0.05, 0) is 51.8 Å². The van der Waals surface area contributed by atoms with Crippen molar-refractivity contribution in [3.63, 3.8) is 0 Å². The molecule has 154 valence electrons. The van der Waals surface area contributed by atoms with Crippen LogP contribution in [-0.2, 0) is 20.9 Å². The highest BCUT2D eigenvalue weighted by molar-refractivity contribution is 6.03. The minimum atomic E-state index is -0.648. The lowest BCUT2D eigenvalue weighted by Crippen LogP contribution is -2.36. The summed E-state index contributed by atoms with van der Waals surface area (Å²) in [6.07, 6.45) is -0.0503. The highest BCUT2D eigenvalue weighted by Crippen LogP contribution is 2.24. The van der Waals surface area contributed by atoms with Gasteiger partial charge in [-0.15, -0.1) is 0 Å². The van der Waals surface area contributed by atoms with Crippen molar-refractivity contribution in [3.8, 4) is 0 Å². The second-order valence-corrected chi connectivity index (χ2v) is 8.28. The van der Waals surface area contributed by atoms with Crippen LogP contribution in [0.15, 0.2) is 23.0 Å². The number of nitrogens with one attached hydrogen (secondary N) is 1. The number of hydrogen-bond acceptors (Lipinski definition) is 6. The molecule has 0 radical (unpaired) electrons. The fourth-order valence-corrected chi connectivity index (χ4v) is 3.45. The number of benzene rings is 1. The summed E-state index contributed by atoms with van der Waals surface area (Å²) in [6.45, 7) is 7.27. The summed E-state index contributed by atoms with van der Waals surface area (Å²) >= 11 is 0. The highest BCUT2D eigenvalue weighted by atomic mass is 16.6. The standard InChI is InChI=1S/C21H25N3O5/c1-12-23-16-9-13(11-22-20(28)29-21(2,3)4)5-7-15(16)19(27)24(12)17-8-6-14(25)10-18(17)26/h5,7,9,17H,6,8,10-11H2,1-4H3,(H,22,28). The second-order valence-electron chi connectivity index (χ2n) is 8.28. The molecule has 1 aliphatic rings. The average molecular weight is 399 g/mol. The molecule has 0 saturated heterocycles. The zero-order chi connectivity index (χ0) is 21.3. The summed E-state index contributed by atoms with van der Waals surface area (Å²) in [7, 11) is 0. The largest absolute Gasteiger partial charge is 0.444 e. The smallest absolute Gasteiger partial charge is 0.407 e. The number of aryl methyl sites for hydroxylation is 1. The van der Waals surface area contributed by atoms with Crippen LogP contribution in [-0.4, -0.2) is 32.8 Å². The van der Waals surface area contributed by atoms with Crippen molar-refractivity contribution in [2.45, 2.75) is 65.1 Å². The SMILES string of the molecule is Cc1nc2cc(CNC(=O)OC(C)(C)C)ccc2c(=O)n1C1CCC(=O)CC1=O. The van der Waals surface area contributed by atoms with Crippen LogP contribution in [0.3, 0.4) is 0 Å². The first-order valence-corrected chi connectivity index (χ1v) is 9.58. The number of amides is 1. The molecule has 8 heteroatoms. The maximum atomic E-state index is 13.0. The van der Waals surface area contributed by atoms with Gasteiger partial charge in [0.2, 0.25) is 0 Å². The number of fused-ring (bicyclic) bond motifs is 1. The molecule has 1 aliphatic carbocycles. The number of ether oxygens (including phenoxy) is 1. The Labute approximate surface area is 168 Å². The van der Waals surface area contributed by atoms with Crippen LogP contribution in [0.4, 0.5) is 4.79 Å². The molecule has 0 bridgehead atoms. The lowest BCUT2D eigenvalue weighted by molar-refractivity contribution is -0.132. The third-order valence-corrected chi connectivity index (χ3v) is 4.73. The summed E-state index contributed by atoms with van der Waals surface area (Å²) in [5.41, 5.74) is 0.378. The minimum Gasteiger partial charge on any atom is -0.444 e. The van der Waals surface area contributed by atoms with E-state index in [9.17, 15) is 19.2 Å². The molecular formula is C21H25N3O5. The Bertz CT molecular complexity index is 1050. The molecule has 1 fully saturated rings. The van der Waals surface area contributed by atoms with Crippen LogP contribution < -0.4 is 10.9 Å². The van der Waals surface area contributed by atoms with Gasteiger partial charge in [-0.25, -0.2) is 9.78 Å². The first kappa shape index (κ1) is 20.7. The lowest BCUT2D eigenvalue weighted by atomic mass is 9.92. The number of alkyl carbamates (subject to hydrolysis) is 1. The first-order chi connectivity index (χ1) is 13.5. The van der Waals surface area contributed by atoms with Crippen LogP contribution in [0, 0.1) is 6.92 Å². The molecule has 1 unspecified atom stereocenters. The van der Waals surface area contributed by atoms with E-state index in [1.165, 1.54) is 4.57 Å². The van der Waals surface area contributed by atoms with Gasteiger partial charge in [0.1, 0.15) is 17.2 Å². The summed E-state index contributed by atoms with van der Waals surface area (Å²) in [6, 6.07) is 4.46. The van der Waals surface area contributed by atoms with E-state index < -0.39 is 17.7 Å². The molecule has 1 amide bonds. The molecule has 1 atom stereocenters. The summed E-state index contributed by atoms with van der Waals surface area (Å²) < 4.78 is 6.61. The fourth-order valence-electron chi connectivity index (χ4n) is 3.45. The van der Waals surface area contributed by atoms with Crippen molar-refractivity contribution < 1.29 is 19.1 Å². The maximum absolute atomic E-state index is 13.0. The van der Waals surface area contributed by atoms with E-state index in [1.807, 2.05) is 0 Å². The molecule has 1 aromatic carbocycles. The summed E-state index contributed by atoms with van der Waals surface area (Å²) in [5, 5.41) is 3.06. The normalized spacial score (nSPS) is 17.4. The summed E-state index contributed by atoms with van der Waals surface area (Å²) in [5.74, 6) is 0.0889. The van der Waals surface area contributed by atoms with Gasteiger partial charge in [0.05, 0.1) is 23.4 Å². The van der Waals surface area contributed by atoms with Crippen molar-refractivity contribution in [2.24, 2.45) is 0 Å². The van der Waals surface area contributed by atoms with Crippen LogP contribution in [0.25, 0.3) is 10.9 Å². The average Bonchev–Trinajstić information content (AvgIpc) is 2.60. The monoisotopic (exact) mass is 399 g/mol. The number of carbonyl (C=O) groups is 3. The van der Waals surface area contributed by atoms with Crippen molar-refractivity contribution in [3.05, 3.63) is 39.9 Å². The van der Waals surface area contributed by atoms with Crippen LogP contribution in [0.2, 0.25) is 0 Å². The van der Waals surface area contributed by atoms with Crippen LogP contribution in [0.1, 0.15) is 57.5 Å². The molecule has 0 spiro atoms. The molecule has 0 aliphatic heterocycles. The Balaban J connectivity index is 1.86. The fraction of sp³-hybridized carbons (Fsp3) is 0.476. The number of rotatable bonds is 3. The Kier molecular flexibility index (Phi) is 5.55. The molecule has 1 N–H and O–H groups in total. The zero-order valence-corrected chi connectivity index (χ0v) is 17.1. The molecule has 1 aromatic heterocycles. The van der Waals surface area contributed by atoms with Gasteiger partial charge in [0.15, 0.2) is 5.78 Å².